The van der Waals surface area contributed by atoms with E-state index in [1.54, 1.807) is 0 Å². The van der Waals surface area contributed by atoms with E-state index in [0.29, 0.717) is 29.3 Å². The lowest BCUT2D eigenvalue weighted by Gasteiger charge is -2.44. The fourth-order valence-electron chi connectivity index (χ4n) is 4.51. The van der Waals surface area contributed by atoms with Crippen LogP contribution in [0.1, 0.15) is 109 Å². The molecule has 1 N–H and O–H groups in total. The maximum atomic E-state index is 4.05. The molecule has 0 saturated carbocycles. The Labute approximate surface area is 167 Å². The van der Waals surface area contributed by atoms with Crippen molar-refractivity contribution in [2.75, 3.05) is 0 Å². The Morgan fingerprint density at radius 1 is 0.846 bits per heavy atom. The molecule has 158 valence electrons. The van der Waals surface area contributed by atoms with Gasteiger partial charge in [0.2, 0.25) is 0 Å². The first-order valence-corrected chi connectivity index (χ1v) is 11.6. The molecule has 0 aliphatic carbocycles. The zero-order valence-corrected chi connectivity index (χ0v) is 20.4. The standard InChI is InChI=1S/C25H53N/c1-13-20(8)14-15-25(12,19(6)7)23(11)26-22(10)21(9)24(18(4)5)16-17(2)3/h17-24,26H,13-16H2,1-12H3. The quantitative estimate of drug-likeness (QED) is 0.350. The van der Waals surface area contributed by atoms with Gasteiger partial charge in [0.25, 0.3) is 0 Å². The van der Waals surface area contributed by atoms with Crippen molar-refractivity contribution in [3.8, 4) is 0 Å². The van der Waals surface area contributed by atoms with Gasteiger partial charge in [-0.25, -0.2) is 0 Å². The summed E-state index contributed by atoms with van der Waals surface area (Å²) in [4.78, 5) is 0. The summed E-state index contributed by atoms with van der Waals surface area (Å²) in [6.07, 6.45) is 5.32. The summed E-state index contributed by atoms with van der Waals surface area (Å²) < 4.78 is 0. The van der Waals surface area contributed by atoms with Crippen LogP contribution in [0, 0.1) is 40.9 Å². The van der Waals surface area contributed by atoms with E-state index in [2.05, 4.69) is 88.4 Å². The predicted molar refractivity (Wildman–Crippen MR) is 121 cm³/mol. The molecule has 0 saturated heterocycles. The molecule has 6 unspecified atom stereocenters. The average Bonchev–Trinajstić information content (AvgIpc) is 2.55. The topological polar surface area (TPSA) is 12.0 Å². The normalized spacial score (nSPS) is 20.9. The first-order valence-electron chi connectivity index (χ1n) is 11.6. The Balaban J connectivity index is 5.07. The molecule has 26 heavy (non-hydrogen) atoms. The van der Waals surface area contributed by atoms with Crippen molar-refractivity contribution < 1.29 is 0 Å². The Hall–Kier alpha value is -0.0400. The number of nitrogens with one attached hydrogen (secondary N) is 1. The van der Waals surface area contributed by atoms with E-state index in [-0.39, 0.29) is 0 Å². The summed E-state index contributed by atoms with van der Waals surface area (Å²) in [6, 6.07) is 1.12. The molecule has 0 fully saturated rings. The lowest BCUT2D eigenvalue weighted by Crippen LogP contribution is -2.51. The zero-order valence-electron chi connectivity index (χ0n) is 20.4. The minimum absolute atomic E-state index is 0.364. The van der Waals surface area contributed by atoms with Crippen molar-refractivity contribution >= 4 is 0 Å². The first-order chi connectivity index (χ1) is 11.9. The third kappa shape index (κ3) is 7.91. The van der Waals surface area contributed by atoms with Crippen molar-refractivity contribution in [3.63, 3.8) is 0 Å². The molecule has 0 aliphatic rings. The molecule has 0 aromatic heterocycles. The summed E-state index contributed by atoms with van der Waals surface area (Å²) in [5.41, 5.74) is 0.364. The summed E-state index contributed by atoms with van der Waals surface area (Å²) in [5, 5.41) is 4.05. The van der Waals surface area contributed by atoms with Gasteiger partial charge in [0.15, 0.2) is 0 Å². The van der Waals surface area contributed by atoms with Crippen LogP contribution in [0.2, 0.25) is 0 Å². The second-order valence-corrected chi connectivity index (χ2v) is 10.8. The monoisotopic (exact) mass is 367 g/mol. The van der Waals surface area contributed by atoms with Gasteiger partial charge in [-0.3, -0.25) is 0 Å². The molecule has 0 aromatic rings. The van der Waals surface area contributed by atoms with Crippen LogP contribution in [-0.2, 0) is 0 Å². The van der Waals surface area contributed by atoms with Crippen molar-refractivity contribution in [3.05, 3.63) is 0 Å². The van der Waals surface area contributed by atoms with Crippen LogP contribution in [0.25, 0.3) is 0 Å². The minimum Gasteiger partial charge on any atom is -0.311 e. The van der Waals surface area contributed by atoms with Crippen LogP contribution >= 0.6 is 0 Å². The Kier molecular flexibility index (Phi) is 11.7. The van der Waals surface area contributed by atoms with Gasteiger partial charge in [-0.1, -0.05) is 82.1 Å². The van der Waals surface area contributed by atoms with Crippen molar-refractivity contribution in [1.29, 1.82) is 0 Å². The summed E-state index contributed by atoms with van der Waals surface area (Å²) in [6.45, 7) is 29.0. The summed E-state index contributed by atoms with van der Waals surface area (Å²) in [7, 11) is 0. The van der Waals surface area contributed by atoms with Crippen LogP contribution in [-0.4, -0.2) is 12.1 Å². The van der Waals surface area contributed by atoms with Crippen LogP contribution in [0.5, 0.6) is 0 Å². The minimum atomic E-state index is 0.364. The molecule has 1 heteroatoms. The van der Waals surface area contributed by atoms with E-state index in [0.717, 1.165) is 23.7 Å². The van der Waals surface area contributed by atoms with Crippen LogP contribution in [0.4, 0.5) is 0 Å². The van der Waals surface area contributed by atoms with Crippen molar-refractivity contribution in [2.45, 2.75) is 121 Å². The average molecular weight is 368 g/mol. The molecule has 6 atom stereocenters. The molecular formula is C25H53N. The van der Waals surface area contributed by atoms with Gasteiger partial charge >= 0.3 is 0 Å². The van der Waals surface area contributed by atoms with Gasteiger partial charge in [-0.2, -0.15) is 0 Å². The van der Waals surface area contributed by atoms with Crippen molar-refractivity contribution in [1.82, 2.24) is 5.32 Å². The van der Waals surface area contributed by atoms with E-state index in [1.165, 1.54) is 25.7 Å². The van der Waals surface area contributed by atoms with Gasteiger partial charge in [0.1, 0.15) is 0 Å². The molecule has 0 bridgehead atoms. The highest BCUT2D eigenvalue weighted by molar-refractivity contribution is 4.91. The first kappa shape index (κ1) is 26.0. The molecular weight excluding hydrogens is 314 g/mol. The van der Waals surface area contributed by atoms with Gasteiger partial charge in [0, 0.05) is 12.1 Å². The highest BCUT2D eigenvalue weighted by atomic mass is 15.0. The molecule has 0 aliphatic heterocycles. The van der Waals surface area contributed by atoms with E-state index in [4.69, 9.17) is 0 Å². The second kappa shape index (κ2) is 11.7. The van der Waals surface area contributed by atoms with Crippen LogP contribution in [0.3, 0.4) is 0 Å². The fraction of sp³-hybridized carbons (Fsp3) is 1.00. The molecule has 0 amide bonds. The molecule has 0 rings (SSSR count). The summed E-state index contributed by atoms with van der Waals surface area (Å²) in [5.74, 6) is 4.60. The molecule has 0 spiro atoms. The third-order valence-electron chi connectivity index (χ3n) is 7.76. The highest BCUT2D eigenvalue weighted by Crippen LogP contribution is 2.38. The summed E-state index contributed by atoms with van der Waals surface area (Å²) >= 11 is 0. The zero-order chi connectivity index (χ0) is 20.7. The van der Waals surface area contributed by atoms with E-state index < -0.39 is 0 Å². The van der Waals surface area contributed by atoms with E-state index in [9.17, 15) is 0 Å². The Bertz CT molecular complexity index is 359. The van der Waals surface area contributed by atoms with Gasteiger partial charge < -0.3 is 5.32 Å². The smallest absolute Gasteiger partial charge is 0.00975 e. The Morgan fingerprint density at radius 2 is 1.38 bits per heavy atom. The molecule has 0 aromatic carbocycles. The Morgan fingerprint density at radius 3 is 1.77 bits per heavy atom. The number of rotatable bonds is 13. The lowest BCUT2D eigenvalue weighted by molar-refractivity contribution is 0.0995. The maximum Gasteiger partial charge on any atom is 0.00975 e. The van der Waals surface area contributed by atoms with Gasteiger partial charge in [-0.15, -0.1) is 0 Å². The second-order valence-electron chi connectivity index (χ2n) is 10.8. The third-order valence-corrected chi connectivity index (χ3v) is 7.76. The molecule has 0 heterocycles. The van der Waals surface area contributed by atoms with Gasteiger partial charge in [0.05, 0.1) is 0 Å². The van der Waals surface area contributed by atoms with Gasteiger partial charge in [-0.05, 0) is 67.6 Å². The number of hydrogen-bond acceptors (Lipinski definition) is 1. The maximum absolute atomic E-state index is 4.05. The molecule has 1 nitrogen and oxygen atoms in total. The van der Waals surface area contributed by atoms with Crippen LogP contribution < -0.4 is 5.32 Å². The molecule has 0 radical (unpaired) electrons. The highest BCUT2D eigenvalue weighted by Gasteiger charge is 2.36. The SMILES string of the molecule is CCC(C)CCC(C)(C(C)C)C(C)NC(C)C(C)C(CC(C)C)C(C)C. The number of hydrogen-bond donors (Lipinski definition) is 1. The lowest BCUT2D eigenvalue weighted by atomic mass is 9.68. The van der Waals surface area contributed by atoms with E-state index >= 15 is 0 Å². The predicted octanol–water partition coefficient (Wildman–Crippen LogP) is 7.80. The largest absolute Gasteiger partial charge is 0.311 e. The van der Waals surface area contributed by atoms with Crippen LogP contribution in [0.15, 0.2) is 0 Å². The van der Waals surface area contributed by atoms with Crippen molar-refractivity contribution in [2.24, 2.45) is 40.9 Å². The van der Waals surface area contributed by atoms with E-state index in [1.807, 2.05) is 0 Å². The fourth-order valence-corrected chi connectivity index (χ4v) is 4.51.